The van der Waals surface area contributed by atoms with E-state index >= 15 is 0 Å². The molecule has 21 heavy (non-hydrogen) atoms. The van der Waals surface area contributed by atoms with Crippen molar-refractivity contribution >= 4 is 29.9 Å². The van der Waals surface area contributed by atoms with Crippen molar-refractivity contribution < 1.29 is 0 Å². The van der Waals surface area contributed by atoms with Gasteiger partial charge >= 0.3 is 0 Å². The third-order valence-corrected chi connectivity index (χ3v) is 4.18. The molecule has 1 fully saturated rings. The van der Waals surface area contributed by atoms with Crippen molar-refractivity contribution in [2.75, 3.05) is 13.6 Å². The SMILES string of the molecule is CN=C(NCC(c1ccccc1)C(C)C)NC1CC1C.I. The molecule has 0 radical (unpaired) electrons. The Bertz CT molecular complexity index is 445. The third-order valence-electron chi connectivity index (χ3n) is 4.18. The van der Waals surface area contributed by atoms with Crippen molar-refractivity contribution in [1.82, 2.24) is 10.6 Å². The number of nitrogens with one attached hydrogen (secondary N) is 2. The highest BCUT2D eigenvalue weighted by Gasteiger charge is 2.33. The first-order valence-corrected chi connectivity index (χ1v) is 7.64. The summed E-state index contributed by atoms with van der Waals surface area (Å²) in [5, 5.41) is 6.96. The molecule has 2 N–H and O–H groups in total. The molecule has 1 aromatic rings. The maximum absolute atomic E-state index is 4.32. The van der Waals surface area contributed by atoms with Crippen LogP contribution in [0.1, 0.15) is 38.7 Å². The van der Waals surface area contributed by atoms with Gasteiger partial charge in [-0.05, 0) is 23.8 Å². The number of guanidine groups is 1. The first-order valence-electron chi connectivity index (χ1n) is 7.64. The topological polar surface area (TPSA) is 36.4 Å². The minimum absolute atomic E-state index is 0. The molecule has 4 heteroatoms. The molecule has 0 aliphatic heterocycles. The second kappa shape index (κ2) is 8.61. The largest absolute Gasteiger partial charge is 0.356 e. The first kappa shape index (κ1) is 18.3. The first-order chi connectivity index (χ1) is 9.61. The molecule has 1 aliphatic rings. The van der Waals surface area contributed by atoms with Crippen LogP contribution < -0.4 is 10.6 Å². The summed E-state index contributed by atoms with van der Waals surface area (Å²) in [5.41, 5.74) is 1.39. The van der Waals surface area contributed by atoms with E-state index < -0.39 is 0 Å². The van der Waals surface area contributed by atoms with E-state index in [1.165, 1.54) is 12.0 Å². The number of benzene rings is 1. The van der Waals surface area contributed by atoms with Crippen LogP contribution in [0.5, 0.6) is 0 Å². The van der Waals surface area contributed by atoms with Gasteiger partial charge in [-0.3, -0.25) is 4.99 Å². The molecule has 1 aliphatic carbocycles. The molecular formula is C17H28IN3. The standard InChI is InChI=1S/C17H27N3.HI/c1-12(2)15(14-8-6-5-7-9-14)11-19-17(18-4)20-16-10-13(16)3;/h5-9,12-13,15-16H,10-11H2,1-4H3,(H2,18,19,20);1H. The van der Waals surface area contributed by atoms with E-state index in [2.05, 4.69) is 66.7 Å². The van der Waals surface area contributed by atoms with Crippen molar-refractivity contribution in [3.05, 3.63) is 35.9 Å². The number of hydrogen-bond acceptors (Lipinski definition) is 1. The normalized spacial score (nSPS) is 22.4. The molecule has 0 saturated heterocycles. The molecule has 0 bridgehead atoms. The van der Waals surface area contributed by atoms with Gasteiger partial charge in [-0.25, -0.2) is 0 Å². The minimum Gasteiger partial charge on any atom is -0.356 e. The Kier molecular flexibility index (Phi) is 7.49. The van der Waals surface area contributed by atoms with Crippen LogP contribution in [0.3, 0.4) is 0 Å². The number of aliphatic imine (C=N–C) groups is 1. The highest BCUT2D eigenvalue weighted by molar-refractivity contribution is 14.0. The van der Waals surface area contributed by atoms with E-state index in [0.29, 0.717) is 17.9 Å². The fourth-order valence-corrected chi connectivity index (χ4v) is 2.54. The van der Waals surface area contributed by atoms with Gasteiger partial charge in [0.25, 0.3) is 0 Å². The van der Waals surface area contributed by atoms with Crippen molar-refractivity contribution in [2.24, 2.45) is 16.8 Å². The summed E-state index contributed by atoms with van der Waals surface area (Å²) in [5.74, 6) is 2.82. The summed E-state index contributed by atoms with van der Waals surface area (Å²) in [6.45, 7) is 7.74. The summed E-state index contributed by atoms with van der Waals surface area (Å²) in [4.78, 5) is 4.32. The van der Waals surface area contributed by atoms with Crippen molar-refractivity contribution in [3.8, 4) is 0 Å². The zero-order valence-electron chi connectivity index (χ0n) is 13.5. The molecule has 0 amide bonds. The Labute approximate surface area is 146 Å². The molecule has 3 atom stereocenters. The van der Waals surface area contributed by atoms with E-state index in [-0.39, 0.29) is 24.0 Å². The van der Waals surface area contributed by atoms with Gasteiger partial charge in [0, 0.05) is 25.6 Å². The predicted octanol–water partition coefficient (Wildman–Crippen LogP) is 3.62. The molecule has 0 heterocycles. The predicted molar refractivity (Wildman–Crippen MR) is 102 cm³/mol. The van der Waals surface area contributed by atoms with Gasteiger partial charge in [0.1, 0.15) is 0 Å². The van der Waals surface area contributed by atoms with Crippen LogP contribution in [0.4, 0.5) is 0 Å². The molecular weight excluding hydrogens is 373 g/mol. The van der Waals surface area contributed by atoms with E-state index in [1.54, 1.807) is 0 Å². The lowest BCUT2D eigenvalue weighted by Crippen LogP contribution is -2.41. The molecule has 1 aromatic carbocycles. The van der Waals surface area contributed by atoms with Gasteiger partial charge in [-0.2, -0.15) is 0 Å². The Morgan fingerprint density at radius 3 is 2.38 bits per heavy atom. The molecule has 0 aromatic heterocycles. The van der Waals surface area contributed by atoms with Crippen molar-refractivity contribution in [3.63, 3.8) is 0 Å². The Morgan fingerprint density at radius 1 is 1.29 bits per heavy atom. The fraction of sp³-hybridized carbons (Fsp3) is 0.588. The Hall–Kier alpha value is -0.780. The highest BCUT2D eigenvalue weighted by Crippen LogP contribution is 2.29. The Balaban J connectivity index is 0.00000220. The van der Waals surface area contributed by atoms with Crippen LogP contribution in [0.15, 0.2) is 35.3 Å². The van der Waals surface area contributed by atoms with Gasteiger partial charge in [-0.1, -0.05) is 51.1 Å². The Morgan fingerprint density at radius 2 is 1.90 bits per heavy atom. The van der Waals surface area contributed by atoms with Crippen LogP contribution in [-0.4, -0.2) is 25.6 Å². The number of rotatable bonds is 5. The summed E-state index contributed by atoms with van der Waals surface area (Å²) in [6, 6.07) is 11.3. The van der Waals surface area contributed by atoms with Crippen molar-refractivity contribution in [2.45, 2.75) is 39.2 Å². The second-order valence-electron chi connectivity index (χ2n) is 6.18. The summed E-state index contributed by atoms with van der Waals surface area (Å²) < 4.78 is 0. The lowest BCUT2D eigenvalue weighted by atomic mass is 9.88. The summed E-state index contributed by atoms with van der Waals surface area (Å²) >= 11 is 0. The van der Waals surface area contributed by atoms with E-state index in [9.17, 15) is 0 Å². The van der Waals surface area contributed by atoms with Crippen LogP contribution in [0.25, 0.3) is 0 Å². The zero-order chi connectivity index (χ0) is 14.5. The smallest absolute Gasteiger partial charge is 0.191 e. The maximum Gasteiger partial charge on any atom is 0.191 e. The lowest BCUT2D eigenvalue weighted by Gasteiger charge is -2.23. The average Bonchev–Trinajstić information content (AvgIpc) is 3.14. The van der Waals surface area contributed by atoms with Gasteiger partial charge in [0.2, 0.25) is 0 Å². The van der Waals surface area contributed by atoms with Crippen LogP contribution in [-0.2, 0) is 0 Å². The van der Waals surface area contributed by atoms with E-state index in [0.717, 1.165) is 18.4 Å². The lowest BCUT2D eigenvalue weighted by molar-refractivity contribution is 0.487. The zero-order valence-corrected chi connectivity index (χ0v) is 15.8. The molecule has 0 spiro atoms. The number of nitrogens with zero attached hydrogens (tertiary/aromatic N) is 1. The maximum atomic E-state index is 4.32. The molecule has 1 saturated carbocycles. The van der Waals surface area contributed by atoms with E-state index in [4.69, 9.17) is 0 Å². The van der Waals surface area contributed by atoms with Crippen molar-refractivity contribution in [1.29, 1.82) is 0 Å². The van der Waals surface area contributed by atoms with Crippen LogP contribution in [0, 0.1) is 11.8 Å². The van der Waals surface area contributed by atoms with Crippen LogP contribution in [0.2, 0.25) is 0 Å². The number of hydrogen-bond donors (Lipinski definition) is 2. The van der Waals surface area contributed by atoms with Gasteiger partial charge < -0.3 is 10.6 Å². The van der Waals surface area contributed by atoms with Gasteiger partial charge in [-0.15, -0.1) is 24.0 Å². The van der Waals surface area contributed by atoms with Gasteiger partial charge in [0.05, 0.1) is 0 Å². The highest BCUT2D eigenvalue weighted by atomic mass is 127. The molecule has 3 nitrogen and oxygen atoms in total. The number of halogens is 1. The van der Waals surface area contributed by atoms with Crippen LogP contribution >= 0.6 is 24.0 Å². The third kappa shape index (κ3) is 5.49. The second-order valence-corrected chi connectivity index (χ2v) is 6.18. The quantitative estimate of drug-likeness (QED) is 0.449. The summed E-state index contributed by atoms with van der Waals surface area (Å²) in [7, 11) is 1.84. The molecule has 118 valence electrons. The average molecular weight is 401 g/mol. The van der Waals surface area contributed by atoms with E-state index in [1.807, 2.05) is 7.05 Å². The molecule has 3 unspecified atom stereocenters. The summed E-state index contributed by atoms with van der Waals surface area (Å²) in [6.07, 6.45) is 1.26. The monoisotopic (exact) mass is 401 g/mol. The van der Waals surface area contributed by atoms with Gasteiger partial charge in [0.15, 0.2) is 5.96 Å². The minimum atomic E-state index is 0. The fourth-order valence-electron chi connectivity index (χ4n) is 2.54. The molecule has 2 rings (SSSR count).